The molecule has 1 aromatic carbocycles. The number of halogens is 1. The second-order valence-electron chi connectivity index (χ2n) is 2.48. The molecule has 15 heavy (non-hydrogen) atoms. The Kier molecular flexibility index (Phi) is 2.84. The summed E-state index contributed by atoms with van der Waals surface area (Å²) in [6, 6.07) is 1.78. The van der Waals surface area contributed by atoms with Crippen molar-refractivity contribution < 1.29 is 23.0 Å². The fourth-order valence-corrected chi connectivity index (χ4v) is 2.00. The van der Waals surface area contributed by atoms with E-state index in [-0.39, 0.29) is 0 Å². The molecule has 9 heteroatoms. The Bertz CT molecular complexity index is 525. The van der Waals surface area contributed by atoms with E-state index in [1.54, 1.807) is 0 Å². The molecular formula is C6H4ClNO6S. The molecule has 0 aliphatic rings. The van der Waals surface area contributed by atoms with Gasteiger partial charge in [-0.05, 0) is 12.1 Å². The van der Waals surface area contributed by atoms with Crippen LogP contribution in [0.15, 0.2) is 17.0 Å². The van der Waals surface area contributed by atoms with E-state index in [0.29, 0.717) is 0 Å². The molecule has 1 rings (SSSR count). The molecule has 82 valence electrons. The molecule has 7 nitrogen and oxygen atoms in total. The minimum atomic E-state index is -4.91. The van der Waals surface area contributed by atoms with Gasteiger partial charge in [-0.3, -0.25) is 14.7 Å². The highest BCUT2D eigenvalue weighted by molar-refractivity contribution is 7.86. The Hall–Kier alpha value is -1.38. The van der Waals surface area contributed by atoms with Crippen molar-refractivity contribution in [1.29, 1.82) is 0 Å². The Morgan fingerprint density at radius 1 is 1.40 bits per heavy atom. The van der Waals surface area contributed by atoms with Gasteiger partial charge in [0.15, 0.2) is 0 Å². The second kappa shape index (κ2) is 3.65. The maximum atomic E-state index is 10.8. The van der Waals surface area contributed by atoms with Crippen molar-refractivity contribution in [2.45, 2.75) is 4.90 Å². The van der Waals surface area contributed by atoms with Gasteiger partial charge in [0.05, 0.1) is 4.92 Å². The van der Waals surface area contributed by atoms with Crippen molar-refractivity contribution in [2.75, 3.05) is 0 Å². The monoisotopic (exact) mass is 253 g/mol. The molecule has 0 amide bonds. The Morgan fingerprint density at radius 2 is 1.93 bits per heavy atom. The fourth-order valence-electron chi connectivity index (χ4n) is 0.961. The van der Waals surface area contributed by atoms with Crippen LogP contribution in [0.4, 0.5) is 5.69 Å². The quantitative estimate of drug-likeness (QED) is 0.464. The van der Waals surface area contributed by atoms with Crippen LogP contribution in [-0.4, -0.2) is 23.0 Å². The average Bonchev–Trinajstić information content (AvgIpc) is 2.05. The molecule has 0 spiro atoms. The van der Waals surface area contributed by atoms with Gasteiger partial charge in [0.2, 0.25) is 4.90 Å². The summed E-state index contributed by atoms with van der Waals surface area (Å²) in [7, 11) is -4.91. The number of benzene rings is 1. The van der Waals surface area contributed by atoms with Crippen molar-refractivity contribution in [3.63, 3.8) is 0 Å². The summed E-state index contributed by atoms with van der Waals surface area (Å²) in [5, 5.41) is 19.1. The predicted molar refractivity (Wildman–Crippen MR) is 49.6 cm³/mol. The van der Waals surface area contributed by atoms with Gasteiger partial charge < -0.3 is 5.11 Å². The number of phenols is 1. The molecule has 2 N–H and O–H groups in total. The van der Waals surface area contributed by atoms with Crippen LogP contribution in [-0.2, 0) is 10.1 Å². The van der Waals surface area contributed by atoms with Crippen LogP contribution < -0.4 is 0 Å². The number of nitrogens with zero attached hydrogens (tertiary/aromatic N) is 1. The van der Waals surface area contributed by atoms with Gasteiger partial charge in [-0.1, -0.05) is 11.6 Å². The van der Waals surface area contributed by atoms with Gasteiger partial charge in [0, 0.05) is 0 Å². The molecule has 0 radical (unpaired) electrons. The molecule has 0 fully saturated rings. The van der Waals surface area contributed by atoms with Crippen LogP contribution >= 0.6 is 11.6 Å². The van der Waals surface area contributed by atoms with Crippen molar-refractivity contribution >= 4 is 27.4 Å². The Morgan fingerprint density at radius 3 is 2.27 bits per heavy atom. The lowest BCUT2D eigenvalue weighted by atomic mass is 10.3. The summed E-state index contributed by atoms with van der Waals surface area (Å²) < 4.78 is 30.2. The molecule has 0 heterocycles. The van der Waals surface area contributed by atoms with E-state index in [1.165, 1.54) is 0 Å². The van der Waals surface area contributed by atoms with Crippen LogP contribution in [0.3, 0.4) is 0 Å². The van der Waals surface area contributed by atoms with Crippen LogP contribution in [0.25, 0.3) is 0 Å². The minimum Gasteiger partial charge on any atom is -0.506 e. The molecule has 0 aliphatic heterocycles. The van der Waals surface area contributed by atoms with Gasteiger partial charge in [-0.25, -0.2) is 0 Å². The Balaban J connectivity index is 3.76. The first-order valence-electron chi connectivity index (χ1n) is 3.38. The number of nitro benzene ring substituents is 1. The minimum absolute atomic E-state index is 0.495. The highest BCUT2D eigenvalue weighted by Crippen LogP contribution is 2.37. The number of rotatable bonds is 2. The zero-order chi connectivity index (χ0) is 11.8. The van der Waals surface area contributed by atoms with Gasteiger partial charge in [-0.2, -0.15) is 8.42 Å². The third kappa shape index (κ3) is 2.17. The fraction of sp³-hybridized carbons (Fsp3) is 0. The smallest absolute Gasteiger partial charge is 0.312 e. The largest absolute Gasteiger partial charge is 0.506 e. The van der Waals surface area contributed by atoms with Crippen molar-refractivity contribution in [3.8, 4) is 5.75 Å². The van der Waals surface area contributed by atoms with E-state index in [2.05, 4.69) is 0 Å². The number of aromatic hydroxyl groups is 1. The summed E-state index contributed by atoms with van der Waals surface area (Å²) >= 11 is 5.37. The summed E-state index contributed by atoms with van der Waals surface area (Å²) in [6.07, 6.45) is 0. The van der Waals surface area contributed by atoms with Crippen LogP contribution in [0.5, 0.6) is 5.75 Å². The molecule has 0 atom stereocenters. The average molecular weight is 254 g/mol. The van der Waals surface area contributed by atoms with Crippen LogP contribution in [0.2, 0.25) is 5.02 Å². The second-order valence-corrected chi connectivity index (χ2v) is 4.24. The molecule has 0 unspecified atom stereocenters. The van der Waals surface area contributed by atoms with Gasteiger partial charge in [0.25, 0.3) is 0 Å². The van der Waals surface area contributed by atoms with E-state index in [0.717, 1.165) is 12.1 Å². The highest BCUT2D eigenvalue weighted by Gasteiger charge is 2.31. The van der Waals surface area contributed by atoms with Crippen LogP contribution in [0, 0.1) is 10.1 Å². The lowest BCUT2D eigenvalue weighted by Crippen LogP contribution is -2.04. The predicted octanol–water partition coefficient (Wildman–Crippen LogP) is 1.20. The molecule has 0 saturated carbocycles. The number of hydrogen-bond donors (Lipinski definition) is 2. The first-order chi connectivity index (χ1) is 6.75. The first-order valence-corrected chi connectivity index (χ1v) is 5.20. The topological polar surface area (TPSA) is 118 Å². The number of hydrogen-bond acceptors (Lipinski definition) is 5. The summed E-state index contributed by atoms with van der Waals surface area (Å²) in [5.74, 6) is -0.936. The highest BCUT2D eigenvalue weighted by atomic mass is 35.5. The third-order valence-corrected chi connectivity index (χ3v) is 2.73. The number of nitro groups is 1. The van der Waals surface area contributed by atoms with Gasteiger partial charge in [0.1, 0.15) is 10.8 Å². The molecular weight excluding hydrogens is 250 g/mol. The van der Waals surface area contributed by atoms with E-state index >= 15 is 0 Å². The zero-order valence-corrected chi connectivity index (χ0v) is 8.49. The standard InChI is InChI=1S/C6H4ClNO6S/c7-3-1-2-4(9)6(15(12,13)14)5(3)8(10)11/h1-2,9H,(H,12,13,14). The number of phenolic OH excluding ortho intramolecular Hbond substituents is 1. The maximum Gasteiger partial charge on any atom is 0.312 e. The zero-order valence-electron chi connectivity index (χ0n) is 6.92. The van der Waals surface area contributed by atoms with Crippen molar-refractivity contribution in [2.24, 2.45) is 0 Å². The lowest BCUT2D eigenvalue weighted by Gasteiger charge is -2.03. The molecule has 1 aromatic rings. The molecule has 0 aliphatic carbocycles. The summed E-state index contributed by atoms with van der Waals surface area (Å²) in [4.78, 5) is 8.16. The van der Waals surface area contributed by atoms with Gasteiger partial charge >= 0.3 is 15.8 Å². The molecule has 0 saturated heterocycles. The van der Waals surface area contributed by atoms with E-state index in [4.69, 9.17) is 21.3 Å². The van der Waals surface area contributed by atoms with E-state index in [1.807, 2.05) is 0 Å². The normalized spacial score (nSPS) is 11.3. The molecule has 0 aromatic heterocycles. The third-order valence-electron chi connectivity index (χ3n) is 1.50. The van der Waals surface area contributed by atoms with Crippen molar-refractivity contribution in [3.05, 3.63) is 27.3 Å². The lowest BCUT2D eigenvalue weighted by molar-refractivity contribution is -0.387. The Labute approximate surface area is 88.8 Å². The maximum absolute atomic E-state index is 10.8. The summed E-state index contributed by atoms with van der Waals surface area (Å²) in [6.45, 7) is 0. The SMILES string of the molecule is O=[N+]([O-])c1c(Cl)ccc(O)c1S(=O)(=O)O. The summed E-state index contributed by atoms with van der Waals surface area (Å²) in [5.41, 5.74) is -1.06. The van der Waals surface area contributed by atoms with Crippen LogP contribution in [0.1, 0.15) is 0 Å². The van der Waals surface area contributed by atoms with E-state index in [9.17, 15) is 18.5 Å². The van der Waals surface area contributed by atoms with Crippen molar-refractivity contribution in [1.82, 2.24) is 0 Å². The van der Waals surface area contributed by atoms with Gasteiger partial charge in [-0.15, -0.1) is 0 Å². The first kappa shape index (κ1) is 11.7. The van der Waals surface area contributed by atoms with E-state index < -0.39 is 36.4 Å². The molecule has 0 bridgehead atoms.